The second-order valence-electron chi connectivity index (χ2n) is 2.66. The minimum absolute atomic E-state index is 0.120. The summed E-state index contributed by atoms with van der Waals surface area (Å²) in [5.74, 6) is 0.168. The van der Waals surface area contributed by atoms with Crippen LogP contribution in [0.1, 0.15) is 0 Å². The van der Waals surface area contributed by atoms with E-state index in [1.807, 2.05) is 0 Å². The molecule has 1 aromatic rings. The van der Waals surface area contributed by atoms with E-state index in [9.17, 15) is 9.59 Å². The zero-order valence-corrected chi connectivity index (χ0v) is 6.74. The maximum Gasteiger partial charge on any atom is 0.329 e. The highest BCUT2D eigenvalue weighted by molar-refractivity contribution is 5.63. The van der Waals surface area contributed by atoms with Crippen LogP contribution in [0.25, 0.3) is 0 Å². The molecule has 0 saturated heterocycles. The number of anilines is 1. The number of nitrogens with one attached hydrogen (secondary N) is 2. The zero-order chi connectivity index (χ0) is 9.59. The van der Waals surface area contributed by atoms with Crippen molar-refractivity contribution in [1.82, 2.24) is 14.9 Å². The Morgan fingerprint density at radius 2 is 2.23 bits per heavy atom. The van der Waals surface area contributed by atoms with Crippen molar-refractivity contribution in [3.05, 3.63) is 20.8 Å². The van der Waals surface area contributed by atoms with Crippen LogP contribution in [0.4, 0.5) is 11.5 Å². The van der Waals surface area contributed by atoms with Crippen LogP contribution in [-0.2, 0) is 7.05 Å². The number of H-pyrrole nitrogens is 1. The monoisotopic (exact) mass is 183 g/mol. The fraction of sp³-hybridized carbons (Fsp3) is 0.333. The summed E-state index contributed by atoms with van der Waals surface area (Å²) in [7, 11) is 1.46. The van der Waals surface area contributed by atoms with Gasteiger partial charge in [0.25, 0.3) is 5.56 Å². The van der Waals surface area contributed by atoms with Gasteiger partial charge >= 0.3 is 5.69 Å². The molecule has 0 fully saturated rings. The van der Waals surface area contributed by atoms with Gasteiger partial charge in [-0.2, -0.15) is 0 Å². The summed E-state index contributed by atoms with van der Waals surface area (Å²) >= 11 is 0. The lowest BCUT2D eigenvalue weighted by Crippen LogP contribution is -2.28. The number of nitrogens with zero attached hydrogens (tertiary/aromatic N) is 2. The lowest BCUT2D eigenvalue weighted by molar-refractivity contribution is 0.187. The van der Waals surface area contributed by atoms with Crippen LogP contribution < -0.4 is 21.9 Å². The predicted molar refractivity (Wildman–Crippen MR) is 43.7 cm³/mol. The number of fused-ring (bicyclic) bond motifs is 1. The summed E-state index contributed by atoms with van der Waals surface area (Å²) in [6.45, 7) is 0. The molecule has 2 rings (SSSR count). The molecule has 7 nitrogen and oxygen atoms in total. The van der Waals surface area contributed by atoms with Gasteiger partial charge in [0.05, 0.1) is 0 Å². The number of hydrogen-bond donors (Lipinski definition) is 3. The molecule has 2 heterocycles. The van der Waals surface area contributed by atoms with E-state index in [0.29, 0.717) is 0 Å². The smallest absolute Gasteiger partial charge is 0.329 e. The molecule has 0 bridgehead atoms. The van der Waals surface area contributed by atoms with Crippen LogP contribution in [-0.4, -0.2) is 21.0 Å². The Morgan fingerprint density at radius 3 is 2.92 bits per heavy atom. The van der Waals surface area contributed by atoms with Crippen LogP contribution in [0.5, 0.6) is 0 Å². The van der Waals surface area contributed by atoms with Crippen molar-refractivity contribution in [3.63, 3.8) is 0 Å². The van der Waals surface area contributed by atoms with Crippen molar-refractivity contribution in [2.24, 2.45) is 7.05 Å². The molecule has 0 aromatic carbocycles. The topological polar surface area (TPSA) is 101 Å². The molecular formula is C6H7N4O3. The van der Waals surface area contributed by atoms with Gasteiger partial charge in [0.1, 0.15) is 5.69 Å². The predicted octanol–water partition coefficient (Wildman–Crippen LogP) is -1.99. The molecule has 1 radical (unpaired) electrons. The van der Waals surface area contributed by atoms with Crippen molar-refractivity contribution >= 4 is 11.5 Å². The van der Waals surface area contributed by atoms with Crippen LogP contribution in [0.3, 0.4) is 0 Å². The first kappa shape index (κ1) is 7.87. The normalized spacial score (nSPS) is 19.1. The molecule has 69 valence electrons. The van der Waals surface area contributed by atoms with Crippen LogP contribution in [0.15, 0.2) is 9.59 Å². The van der Waals surface area contributed by atoms with E-state index in [1.54, 1.807) is 0 Å². The molecule has 1 atom stereocenters. The summed E-state index contributed by atoms with van der Waals surface area (Å²) in [5, 5.41) is 15.1. The summed E-state index contributed by atoms with van der Waals surface area (Å²) < 4.78 is 1.15. The molecular weight excluding hydrogens is 176 g/mol. The SMILES string of the molecule is Cn1c2c(c(=O)[nH]c1=O)NC(O)[N]2. The van der Waals surface area contributed by atoms with Gasteiger partial charge in [-0.25, -0.2) is 10.1 Å². The molecule has 0 spiro atoms. The minimum Gasteiger partial charge on any atom is -0.355 e. The Morgan fingerprint density at radius 1 is 1.54 bits per heavy atom. The van der Waals surface area contributed by atoms with Gasteiger partial charge in [-0.05, 0) is 0 Å². The van der Waals surface area contributed by atoms with Gasteiger partial charge in [-0.3, -0.25) is 14.3 Å². The third-order valence-corrected chi connectivity index (χ3v) is 1.81. The highest BCUT2D eigenvalue weighted by atomic mass is 16.3. The first-order chi connectivity index (χ1) is 6.09. The number of aromatic amines is 1. The lowest BCUT2D eigenvalue weighted by atomic mass is 10.5. The van der Waals surface area contributed by atoms with Crippen molar-refractivity contribution in [2.45, 2.75) is 6.35 Å². The van der Waals surface area contributed by atoms with Gasteiger partial charge in [0, 0.05) is 7.05 Å². The Labute approximate surface area is 72.0 Å². The van der Waals surface area contributed by atoms with Gasteiger partial charge < -0.3 is 10.4 Å². The number of hydrogen-bond acceptors (Lipinski definition) is 4. The van der Waals surface area contributed by atoms with E-state index in [1.165, 1.54) is 7.05 Å². The zero-order valence-electron chi connectivity index (χ0n) is 6.74. The molecule has 1 aliphatic rings. The van der Waals surface area contributed by atoms with E-state index in [4.69, 9.17) is 5.11 Å². The molecule has 0 saturated carbocycles. The third kappa shape index (κ3) is 1.01. The van der Waals surface area contributed by atoms with Gasteiger partial charge in [0.2, 0.25) is 6.35 Å². The van der Waals surface area contributed by atoms with Crippen molar-refractivity contribution in [1.29, 1.82) is 0 Å². The second-order valence-corrected chi connectivity index (χ2v) is 2.66. The van der Waals surface area contributed by atoms with Crippen LogP contribution >= 0.6 is 0 Å². The second kappa shape index (κ2) is 2.36. The van der Waals surface area contributed by atoms with E-state index in [0.717, 1.165) is 4.57 Å². The highest BCUT2D eigenvalue weighted by Gasteiger charge is 2.25. The molecule has 1 unspecified atom stereocenters. The third-order valence-electron chi connectivity index (χ3n) is 1.81. The van der Waals surface area contributed by atoms with Gasteiger partial charge in [0.15, 0.2) is 5.82 Å². The molecule has 7 heteroatoms. The number of rotatable bonds is 0. The van der Waals surface area contributed by atoms with Crippen molar-refractivity contribution < 1.29 is 5.11 Å². The highest BCUT2D eigenvalue weighted by Crippen LogP contribution is 2.20. The fourth-order valence-electron chi connectivity index (χ4n) is 1.17. The maximum absolute atomic E-state index is 11.1. The van der Waals surface area contributed by atoms with Crippen LogP contribution in [0.2, 0.25) is 0 Å². The Balaban J connectivity index is 2.77. The Hall–Kier alpha value is -1.76. The van der Waals surface area contributed by atoms with E-state index in [2.05, 4.69) is 15.6 Å². The molecule has 1 aromatic heterocycles. The largest absolute Gasteiger partial charge is 0.355 e. The quantitative estimate of drug-likeness (QED) is 0.433. The number of aliphatic hydroxyl groups excluding tert-OH is 1. The maximum atomic E-state index is 11.1. The molecule has 1 aliphatic heterocycles. The Kier molecular flexibility index (Phi) is 1.43. The van der Waals surface area contributed by atoms with E-state index >= 15 is 0 Å². The molecule has 0 amide bonds. The molecule has 3 N–H and O–H groups in total. The summed E-state index contributed by atoms with van der Waals surface area (Å²) in [4.78, 5) is 24.2. The number of aromatic nitrogens is 2. The Bertz CT molecular complexity index is 460. The standard InChI is InChI=1S/C6H7N4O3/c1-10-3-2(7-5(12)8-3)4(11)9-6(10)13/h5,7,12H,1H3,(H,9,11,13). The molecule has 0 aliphatic carbocycles. The molecule has 13 heavy (non-hydrogen) atoms. The number of aliphatic hydroxyl groups is 1. The van der Waals surface area contributed by atoms with Crippen molar-refractivity contribution in [2.75, 3.05) is 5.32 Å². The van der Waals surface area contributed by atoms with Crippen LogP contribution in [0, 0.1) is 0 Å². The summed E-state index contributed by atoms with van der Waals surface area (Å²) in [6, 6.07) is 0. The van der Waals surface area contributed by atoms with E-state index in [-0.39, 0.29) is 11.5 Å². The van der Waals surface area contributed by atoms with E-state index < -0.39 is 17.6 Å². The average molecular weight is 183 g/mol. The van der Waals surface area contributed by atoms with Gasteiger partial charge in [-0.15, -0.1) is 0 Å². The lowest BCUT2D eigenvalue weighted by Gasteiger charge is -2.00. The van der Waals surface area contributed by atoms with Crippen molar-refractivity contribution in [3.8, 4) is 0 Å². The first-order valence-corrected chi connectivity index (χ1v) is 3.58. The first-order valence-electron chi connectivity index (χ1n) is 3.58. The average Bonchev–Trinajstić information content (AvgIpc) is 2.44. The minimum atomic E-state index is -1.15. The summed E-state index contributed by atoms with van der Waals surface area (Å²) in [5.41, 5.74) is -1.00. The van der Waals surface area contributed by atoms with Gasteiger partial charge in [-0.1, -0.05) is 0 Å². The fourth-order valence-corrected chi connectivity index (χ4v) is 1.17. The summed E-state index contributed by atoms with van der Waals surface area (Å²) in [6.07, 6.45) is -1.15.